The summed E-state index contributed by atoms with van der Waals surface area (Å²) in [7, 11) is 0. The summed E-state index contributed by atoms with van der Waals surface area (Å²) in [6.07, 6.45) is 3.88. The monoisotopic (exact) mass is 268 g/mol. The lowest BCUT2D eigenvalue weighted by molar-refractivity contribution is 0.118. The Morgan fingerprint density at radius 3 is 2.72 bits per heavy atom. The van der Waals surface area contributed by atoms with E-state index in [2.05, 4.69) is 4.90 Å². The van der Waals surface area contributed by atoms with E-state index in [0.29, 0.717) is 24.2 Å². The Hall–Kier alpha value is -0.770. The second-order valence-electron chi connectivity index (χ2n) is 4.75. The van der Waals surface area contributed by atoms with Crippen molar-refractivity contribution in [3.8, 4) is 5.75 Å². The smallest absolute Gasteiger partial charge is 0.120 e. The van der Waals surface area contributed by atoms with Crippen molar-refractivity contribution in [2.24, 2.45) is 5.73 Å². The molecule has 1 unspecified atom stereocenters. The molecule has 1 atom stereocenters. The van der Waals surface area contributed by atoms with Crippen LogP contribution >= 0.6 is 11.6 Å². The fraction of sp³-hybridized carbons (Fsp3) is 0.571. The fourth-order valence-corrected chi connectivity index (χ4v) is 2.54. The van der Waals surface area contributed by atoms with Gasteiger partial charge in [-0.15, -0.1) is 0 Å². The van der Waals surface area contributed by atoms with Crippen LogP contribution in [-0.2, 0) is 0 Å². The average molecular weight is 269 g/mol. The molecule has 1 saturated heterocycles. The van der Waals surface area contributed by atoms with Gasteiger partial charge in [0.25, 0.3) is 0 Å². The van der Waals surface area contributed by atoms with Crippen molar-refractivity contribution in [2.75, 3.05) is 26.2 Å². The normalized spacial score (nSPS) is 18.6. The van der Waals surface area contributed by atoms with E-state index in [1.807, 2.05) is 24.3 Å². The van der Waals surface area contributed by atoms with E-state index in [9.17, 15) is 0 Å². The van der Waals surface area contributed by atoms with Crippen LogP contribution < -0.4 is 10.5 Å². The quantitative estimate of drug-likeness (QED) is 0.892. The number of hydrogen-bond donors (Lipinski definition) is 1. The Bertz CT molecular complexity index is 367. The lowest BCUT2D eigenvalue weighted by Crippen LogP contribution is -2.46. The summed E-state index contributed by atoms with van der Waals surface area (Å²) in [5.74, 6) is 0.818. The van der Waals surface area contributed by atoms with E-state index in [1.165, 1.54) is 19.3 Å². The van der Waals surface area contributed by atoms with Crippen LogP contribution in [0.15, 0.2) is 24.3 Å². The fourth-order valence-electron chi connectivity index (χ4n) is 2.36. The third kappa shape index (κ3) is 3.87. The molecule has 0 spiro atoms. The van der Waals surface area contributed by atoms with Gasteiger partial charge in [0.05, 0.1) is 6.04 Å². The van der Waals surface area contributed by atoms with E-state index in [0.717, 1.165) is 18.8 Å². The van der Waals surface area contributed by atoms with Gasteiger partial charge in [-0.1, -0.05) is 24.1 Å². The molecule has 1 aromatic rings. The topological polar surface area (TPSA) is 38.5 Å². The number of nitrogens with two attached hydrogens (primary N) is 1. The van der Waals surface area contributed by atoms with Gasteiger partial charge in [0.15, 0.2) is 0 Å². The van der Waals surface area contributed by atoms with Gasteiger partial charge in [-0.05, 0) is 44.1 Å². The van der Waals surface area contributed by atoms with Gasteiger partial charge < -0.3 is 10.5 Å². The number of likely N-dealkylation sites (tertiary alicyclic amines) is 1. The second kappa shape index (κ2) is 6.98. The van der Waals surface area contributed by atoms with Crippen LogP contribution in [0, 0.1) is 0 Å². The van der Waals surface area contributed by atoms with Crippen LogP contribution in [0.3, 0.4) is 0 Å². The summed E-state index contributed by atoms with van der Waals surface area (Å²) >= 11 is 5.93. The lowest BCUT2D eigenvalue weighted by Gasteiger charge is -2.33. The first-order valence-corrected chi connectivity index (χ1v) is 7.00. The third-order valence-electron chi connectivity index (χ3n) is 3.42. The highest BCUT2D eigenvalue weighted by Gasteiger charge is 2.19. The Morgan fingerprint density at radius 1 is 1.28 bits per heavy atom. The van der Waals surface area contributed by atoms with Gasteiger partial charge in [0, 0.05) is 11.6 Å². The van der Waals surface area contributed by atoms with Gasteiger partial charge in [0.2, 0.25) is 0 Å². The molecule has 18 heavy (non-hydrogen) atoms. The molecule has 0 aliphatic carbocycles. The minimum atomic E-state index is 0.310. The summed E-state index contributed by atoms with van der Waals surface area (Å²) in [6.45, 7) is 3.55. The number of rotatable bonds is 5. The summed E-state index contributed by atoms with van der Waals surface area (Å²) in [5.41, 5.74) is 5.85. The van der Waals surface area contributed by atoms with Gasteiger partial charge >= 0.3 is 0 Å². The highest BCUT2D eigenvalue weighted by Crippen LogP contribution is 2.18. The largest absolute Gasteiger partial charge is 0.492 e. The van der Waals surface area contributed by atoms with Crippen molar-refractivity contribution >= 4 is 11.6 Å². The average Bonchev–Trinajstić information content (AvgIpc) is 2.41. The zero-order valence-corrected chi connectivity index (χ0v) is 11.4. The summed E-state index contributed by atoms with van der Waals surface area (Å²) in [4.78, 5) is 2.44. The van der Waals surface area contributed by atoms with E-state index in [4.69, 9.17) is 22.1 Å². The Morgan fingerprint density at radius 2 is 2.06 bits per heavy atom. The summed E-state index contributed by atoms with van der Waals surface area (Å²) in [5, 5.41) is 0.703. The molecule has 2 N–H and O–H groups in total. The molecule has 1 heterocycles. The highest BCUT2D eigenvalue weighted by molar-refractivity contribution is 6.30. The van der Waals surface area contributed by atoms with E-state index >= 15 is 0 Å². The van der Waals surface area contributed by atoms with Crippen molar-refractivity contribution < 1.29 is 4.74 Å². The Balaban J connectivity index is 1.86. The molecule has 1 aromatic carbocycles. The number of piperidine rings is 1. The SMILES string of the molecule is NCC(COc1cccc(Cl)c1)N1CCCCC1. The van der Waals surface area contributed by atoms with Crippen LogP contribution in [0.1, 0.15) is 19.3 Å². The standard InChI is InChI=1S/C14H21ClN2O/c15-12-5-4-6-14(9-12)18-11-13(10-16)17-7-2-1-3-8-17/h4-6,9,13H,1-3,7-8,10-11,16H2. The van der Waals surface area contributed by atoms with Crippen LogP contribution in [-0.4, -0.2) is 37.2 Å². The van der Waals surface area contributed by atoms with E-state index < -0.39 is 0 Å². The third-order valence-corrected chi connectivity index (χ3v) is 3.65. The van der Waals surface area contributed by atoms with Crippen molar-refractivity contribution in [1.82, 2.24) is 4.90 Å². The number of ether oxygens (including phenoxy) is 1. The van der Waals surface area contributed by atoms with E-state index in [-0.39, 0.29) is 0 Å². The van der Waals surface area contributed by atoms with Gasteiger partial charge in [0.1, 0.15) is 12.4 Å². The minimum Gasteiger partial charge on any atom is -0.492 e. The van der Waals surface area contributed by atoms with Crippen LogP contribution in [0.2, 0.25) is 5.02 Å². The minimum absolute atomic E-state index is 0.310. The molecule has 0 saturated carbocycles. The first-order valence-electron chi connectivity index (χ1n) is 6.62. The predicted molar refractivity (Wildman–Crippen MR) is 75.2 cm³/mol. The molecule has 4 heteroatoms. The predicted octanol–water partition coefficient (Wildman–Crippen LogP) is 2.53. The molecule has 0 radical (unpaired) electrons. The van der Waals surface area contributed by atoms with Crippen molar-refractivity contribution in [3.05, 3.63) is 29.3 Å². The molecule has 0 aromatic heterocycles. The molecular weight excluding hydrogens is 248 g/mol. The number of hydrogen-bond acceptors (Lipinski definition) is 3. The molecule has 0 bridgehead atoms. The first kappa shape index (κ1) is 13.7. The van der Waals surface area contributed by atoms with Crippen LogP contribution in [0.25, 0.3) is 0 Å². The summed E-state index contributed by atoms with van der Waals surface area (Å²) < 4.78 is 5.79. The van der Waals surface area contributed by atoms with Crippen molar-refractivity contribution in [2.45, 2.75) is 25.3 Å². The molecule has 0 amide bonds. The zero-order valence-electron chi connectivity index (χ0n) is 10.6. The van der Waals surface area contributed by atoms with Crippen molar-refractivity contribution in [1.29, 1.82) is 0 Å². The maximum Gasteiger partial charge on any atom is 0.120 e. The second-order valence-corrected chi connectivity index (χ2v) is 5.19. The molecular formula is C14H21ClN2O. The Labute approximate surface area is 114 Å². The summed E-state index contributed by atoms with van der Waals surface area (Å²) in [6, 6.07) is 7.82. The molecule has 1 fully saturated rings. The molecule has 1 aliphatic heterocycles. The van der Waals surface area contributed by atoms with Gasteiger partial charge in [-0.25, -0.2) is 0 Å². The highest BCUT2D eigenvalue weighted by atomic mass is 35.5. The molecule has 2 rings (SSSR count). The van der Waals surface area contributed by atoms with Crippen molar-refractivity contribution in [3.63, 3.8) is 0 Å². The van der Waals surface area contributed by atoms with Crippen LogP contribution in [0.4, 0.5) is 0 Å². The zero-order chi connectivity index (χ0) is 12.8. The molecule has 1 aliphatic rings. The van der Waals surface area contributed by atoms with Crippen LogP contribution in [0.5, 0.6) is 5.75 Å². The van der Waals surface area contributed by atoms with Gasteiger partial charge in [-0.3, -0.25) is 4.90 Å². The number of nitrogens with zero attached hydrogens (tertiary/aromatic N) is 1. The maximum atomic E-state index is 5.93. The molecule has 100 valence electrons. The Kier molecular flexibility index (Phi) is 5.29. The lowest BCUT2D eigenvalue weighted by atomic mass is 10.1. The number of halogens is 1. The molecule has 3 nitrogen and oxygen atoms in total. The van der Waals surface area contributed by atoms with Gasteiger partial charge in [-0.2, -0.15) is 0 Å². The maximum absolute atomic E-state index is 5.93. The number of benzene rings is 1. The first-order chi connectivity index (χ1) is 8.79. The van der Waals surface area contributed by atoms with E-state index in [1.54, 1.807) is 0 Å².